The standard InChI is InChI=1S/C11H18O/c1-2-6-11(12)9-10-7-4-3-5-8-10/h2,6,10H,3-5,7-9H2,1H3. The van der Waals surface area contributed by atoms with Gasteiger partial charge in [0, 0.05) is 6.42 Å². The van der Waals surface area contributed by atoms with Crippen LogP contribution in [0.5, 0.6) is 0 Å². The molecule has 1 nitrogen and oxygen atoms in total. The van der Waals surface area contributed by atoms with Crippen LogP contribution in [0.4, 0.5) is 0 Å². The third kappa shape index (κ3) is 3.21. The van der Waals surface area contributed by atoms with Crippen LogP contribution >= 0.6 is 0 Å². The van der Waals surface area contributed by atoms with Crippen molar-refractivity contribution in [1.82, 2.24) is 0 Å². The molecule has 1 aliphatic carbocycles. The van der Waals surface area contributed by atoms with Crippen molar-refractivity contribution in [1.29, 1.82) is 0 Å². The van der Waals surface area contributed by atoms with Crippen LogP contribution in [-0.2, 0) is 4.79 Å². The van der Waals surface area contributed by atoms with Gasteiger partial charge in [0.05, 0.1) is 0 Å². The molecule has 0 spiro atoms. The van der Waals surface area contributed by atoms with Gasteiger partial charge in [-0.15, -0.1) is 0 Å². The van der Waals surface area contributed by atoms with Gasteiger partial charge in [-0.3, -0.25) is 4.79 Å². The van der Waals surface area contributed by atoms with Gasteiger partial charge in [0.1, 0.15) is 0 Å². The van der Waals surface area contributed by atoms with Crippen LogP contribution in [0, 0.1) is 5.92 Å². The summed E-state index contributed by atoms with van der Waals surface area (Å²) in [5.74, 6) is 0.992. The predicted molar refractivity (Wildman–Crippen MR) is 51.0 cm³/mol. The maximum Gasteiger partial charge on any atom is 0.155 e. The maximum absolute atomic E-state index is 11.2. The van der Waals surface area contributed by atoms with Crippen LogP contribution in [0.3, 0.4) is 0 Å². The van der Waals surface area contributed by atoms with Crippen LogP contribution in [0.25, 0.3) is 0 Å². The molecular formula is C11H18O. The SMILES string of the molecule is CC=CC(=O)CC1CCCCC1. The molecule has 0 radical (unpaired) electrons. The van der Waals surface area contributed by atoms with Crippen LogP contribution in [0.15, 0.2) is 12.2 Å². The molecule has 1 fully saturated rings. The van der Waals surface area contributed by atoms with Gasteiger partial charge < -0.3 is 0 Å². The first-order valence-electron chi connectivity index (χ1n) is 4.98. The Hall–Kier alpha value is -0.590. The van der Waals surface area contributed by atoms with Gasteiger partial charge in [0.25, 0.3) is 0 Å². The van der Waals surface area contributed by atoms with E-state index in [1.54, 1.807) is 6.08 Å². The Bertz CT molecular complexity index is 164. The average Bonchev–Trinajstić information content (AvgIpc) is 2.06. The maximum atomic E-state index is 11.2. The number of carbonyl (C=O) groups is 1. The topological polar surface area (TPSA) is 17.1 Å². The number of hydrogen-bond acceptors (Lipinski definition) is 1. The average molecular weight is 166 g/mol. The van der Waals surface area contributed by atoms with Crippen molar-refractivity contribution < 1.29 is 4.79 Å². The normalized spacial score (nSPS) is 20.1. The predicted octanol–water partition coefficient (Wildman–Crippen LogP) is 3.10. The molecule has 0 amide bonds. The van der Waals surface area contributed by atoms with Gasteiger partial charge in [-0.05, 0) is 18.9 Å². The lowest BCUT2D eigenvalue weighted by atomic mass is 9.86. The first-order chi connectivity index (χ1) is 5.83. The lowest BCUT2D eigenvalue weighted by Crippen LogP contribution is -2.10. The van der Waals surface area contributed by atoms with Gasteiger partial charge in [0.2, 0.25) is 0 Å². The Morgan fingerprint density at radius 3 is 2.58 bits per heavy atom. The minimum absolute atomic E-state index is 0.310. The quantitative estimate of drug-likeness (QED) is 0.589. The van der Waals surface area contributed by atoms with E-state index in [0.717, 1.165) is 6.42 Å². The van der Waals surface area contributed by atoms with Gasteiger partial charge >= 0.3 is 0 Å². The number of ketones is 1. The second-order valence-electron chi connectivity index (χ2n) is 3.67. The Labute approximate surface area is 74.9 Å². The molecule has 1 saturated carbocycles. The smallest absolute Gasteiger partial charge is 0.155 e. The molecule has 1 rings (SSSR count). The molecule has 0 atom stereocenters. The van der Waals surface area contributed by atoms with Crippen molar-refractivity contribution in [3.63, 3.8) is 0 Å². The van der Waals surface area contributed by atoms with Crippen molar-refractivity contribution >= 4 is 5.78 Å². The van der Waals surface area contributed by atoms with Crippen molar-refractivity contribution in [3.8, 4) is 0 Å². The number of hydrogen-bond donors (Lipinski definition) is 0. The highest BCUT2D eigenvalue weighted by molar-refractivity contribution is 5.89. The largest absolute Gasteiger partial charge is 0.295 e. The van der Waals surface area contributed by atoms with Crippen molar-refractivity contribution in [2.45, 2.75) is 45.4 Å². The lowest BCUT2D eigenvalue weighted by molar-refractivity contribution is -0.115. The van der Waals surface area contributed by atoms with Crippen LogP contribution in [-0.4, -0.2) is 5.78 Å². The number of allylic oxidation sites excluding steroid dienone is 2. The zero-order valence-corrected chi connectivity index (χ0v) is 7.88. The molecule has 0 aliphatic heterocycles. The van der Waals surface area contributed by atoms with E-state index in [4.69, 9.17) is 0 Å². The summed E-state index contributed by atoms with van der Waals surface area (Å²) in [6, 6.07) is 0. The monoisotopic (exact) mass is 166 g/mol. The Morgan fingerprint density at radius 1 is 1.33 bits per heavy atom. The summed E-state index contributed by atoms with van der Waals surface area (Å²) in [5, 5.41) is 0. The molecule has 0 bridgehead atoms. The first-order valence-corrected chi connectivity index (χ1v) is 4.98. The molecule has 0 aromatic rings. The molecule has 1 aliphatic rings. The molecule has 12 heavy (non-hydrogen) atoms. The van der Waals surface area contributed by atoms with Crippen LogP contribution < -0.4 is 0 Å². The second-order valence-corrected chi connectivity index (χ2v) is 3.67. The molecule has 0 heterocycles. The first kappa shape index (κ1) is 9.50. The highest BCUT2D eigenvalue weighted by atomic mass is 16.1. The van der Waals surface area contributed by atoms with E-state index in [2.05, 4.69) is 0 Å². The fraction of sp³-hybridized carbons (Fsp3) is 0.727. The van der Waals surface area contributed by atoms with Crippen LogP contribution in [0.1, 0.15) is 45.4 Å². The van der Waals surface area contributed by atoms with Crippen LogP contribution in [0.2, 0.25) is 0 Å². The van der Waals surface area contributed by atoms with E-state index >= 15 is 0 Å². The molecule has 68 valence electrons. The Morgan fingerprint density at radius 2 is 2.00 bits per heavy atom. The fourth-order valence-corrected chi connectivity index (χ4v) is 1.93. The minimum Gasteiger partial charge on any atom is -0.295 e. The summed E-state index contributed by atoms with van der Waals surface area (Å²) in [6.45, 7) is 1.90. The highest BCUT2D eigenvalue weighted by Gasteiger charge is 2.15. The van der Waals surface area contributed by atoms with E-state index in [9.17, 15) is 4.79 Å². The molecule has 0 unspecified atom stereocenters. The van der Waals surface area contributed by atoms with Gasteiger partial charge in [-0.1, -0.05) is 38.2 Å². The molecule has 0 N–H and O–H groups in total. The zero-order chi connectivity index (χ0) is 8.81. The van der Waals surface area contributed by atoms with E-state index in [1.165, 1.54) is 32.1 Å². The number of rotatable bonds is 3. The van der Waals surface area contributed by atoms with Crippen molar-refractivity contribution in [3.05, 3.63) is 12.2 Å². The molecule has 0 saturated heterocycles. The summed E-state index contributed by atoms with van der Waals surface area (Å²) >= 11 is 0. The minimum atomic E-state index is 0.310. The van der Waals surface area contributed by atoms with E-state index in [1.807, 2.05) is 13.0 Å². The van der Waals surface area contributed by atoms with Gasteiger partial charge in [-0.25, -0.2) is 0 Å². The number of carbonyl (C=O) groups excluding carboxylic acids is 1. The summed E-state index contributed by atoms with van der Waals surface area (Å²) in [6.07, 6.45) is 10.9. The Kier molecular flexibility index (Phi) is 4.06. The molecular weight excluding hydrogens is 148 g/mol. The second kappa shape index (κ2) is 5.13. The summed E-state index contributed by atoms with van der Waals surface area (Å²) in [7, 11) is 0. The highest BCUT2D eigenvalue weighted by Crippen LogP contribution is 2.26. The van der Waals surface area contributed by atoms with Gasteiger partial charge in [-0.2, -0.15) is 0 Å². The third-order valence-corrected chi connectivity index (χ3v) is 2.57. The van der Waals surface area contributed by atoms with E-state index in [0.29, 0.717) is 11.7 Å². The van der Waals surface area contributed by atoms with Crippen molar-refractivity contribution in [2.75, 3.05) is 0 Å². The van der Waals surface area contributed by atoms with E-state index < -0.39 is 0 Å². The lowest BCUT2D eigenvalue weighted by Gasteiger charge is -2.19. The summed E-state index contributed by atoms with van der Waals surface area (Å²) in [5.41, 5.74) is 0. The third-order valence-electron chi connectivity index (χ3n) is 2.57. The van der Waals surface area contributed by atoms with E-state index in [-0.39, 0.29) is 0 Å². The van der Waals surface area contributed by atoms with Crippen molar-refractivity contribution in [2.24, 2.45) is 5.92 Å². The summed E-state index contributed by atoms with van der Waals surface area (Å²) in [4.78, 5) is 11.2. The molecule has 1 heteroatoms. The molecule has 0 aromatic heterocycles. The molecule has 0 aromatic carbocycles. The fourth-order valence-electron chi connectivity index (χ4n) is 1.93. The zero-order valence-electron chi connectivity index (χ0n) is 7.88. The summed E-state index contributed by atoms with van der Waals surface area (Å²) < 4.78 is 0. The van der Waals surface area contributed by atoms with Gasteiger partial charge in [0.15, 0.2) is 5.78 Å². The Balaban J connectivity index is 2.24.